The van der Waals surface area contributed by atoms with Crippen molar-refractivity contribution in [3.63, 3.8) is 0 Å². The Kier molecular flexibility index (Phi) is 5.12. The second-order valence-electron chi connectivity index (χ2n) is 4.72. The van der Waals surface area contributed by atoms with Crippen LogP contribution < -0.4 is 10.2 Å². The zero-order chi connectivity index (χ0) is 16.8. The highest BCUT2D eigenvalue weighted by Crippen LogP contribution is 2.17. The third kappa shape index (κ3) is 4.36. The smallest absolute Gasteiger partial charge is 0.307 e. The van der Waals surface area contributed by atoms with Crippen LogP contribution in [0.4, 0.5) is 0 Å². The van der Waals surface area contributed by atoms with Crippen molar-refractivity contribution in [3.05, 3.63) is 76.5 Å². The Bertz CT molecular complexity index is 823. The van der Waals surface area contributed by atoms with Crippen LogP contribution in [0.15, 0.2) is 73.2 Å². The Morgan fingerprint density at radius 3 is 2.79 bits per heavy atom. The molecule has 6 nitrogen and oxygen atoms in total. The van der Waals surface area contributed by atoms with Crippen LogP contribution in [0.2, 0.25) is 0 Å². The summed E-state index contributed by atoms with van der Waals surface area (Å²) in [6, 6.07) is 14.2. The molecule has 1 amide bonds. The molecule has 2 aromatic heterocycles. The summed E-state index contributed by atoms with van der Waals surface area (Å²) in [6.45, 7) is 0.300. The Morgan fingerprint density at radius 1 is 1.21 bits per heavy atom. The van der Waals surface area contributed by atoms with E-state index in [9.17, 15) is 4.79 Å². The summed E-state index contributed by atoms with van der Waals surface area (Å²) in [7, 11) is 0. The Morgan fingerprint density at radius 2 is 2.04 bits per heavy atom. The summed E-state index contributed by atoms with van der Waals surface area (Å²) in [5, 5.41) is 3.81. The van der Waals surface area contributed by atoms with Gasteiger partial charge in [-0.3, -0.25) is 4.79 Å². The quantitative estimate of drug-likeness (QED) is 0.511. The van der Waals surface area contributed by atoms with Crippen molar-refractivity contribution in [1.82, 2.24) is 5.43 Å². The number of amides is 1. The number of hydrazone groups is 1. The van der Waals surface area contributed by atoms with E-state index in [1.165, 1.54) is 12.5 Å². The highest BCUT2D eigenvalue weighted by atomic mass is 79.9. The maximum absolute atomic E-state index is 11.6. The highest BCUT2D eigenvalue weighted by molar-refractivity contribution is 9.10. The molecule has 0 saturated carbocycles. The van der Waals surface area contributed by atoms with E-state index in [1.807, 2.05) is 24.3 Å². The molecule has 1 N–H and O–H groups in total. The Balaban J connectivity index is 1.50. The van der Waals surface area contributed by atoms with E-state index in [-0.39, 0.29) is 5.76 Å². The molecule has 1 aromatic carbocycles. The molecular weight excluding hydrogens is 376 g/mol. The predicted molar refractivity (Wildman–Crippen MR) is 91.0 cm³/mol. The number of benzene rings is 1. The second-order valence-corrected chi connectivity index (χ2v) is 5.64. The molecule has 0 aliphatic heterocycles. The van der Waals surface area contributed by atoms with E-state index in [4.69, 9.17) is 13.6 Å². The number of carbonyl (C=O) groups is 1. The molecule has 7 heteroatoms. The van der Waals surface area contributed by atoms with E-state index >= 15 is 0 Å². The number of rotatable bonds is 6. The van der Waals surface area contributed by atoms with Crippen LogP contribution in [-0.4, -0.2) is 12.1 Å². The molecular formula is C17H13BrN2O4. The van der Waals surface area contributed by atoms with Gasteiger partial charge in [-0.2, -0.15) is 5.10 Å². The van der Waals surface area contributed by atoms with E-state index in [1.54, 1.807) is 24.3 Å². The molecule has 0 unspecified atom stereocenters. The van der Waals surface area contributed by atoms with Crippen molar-refractivity contribution in [2.45, 2.75) is 6.61 Å². The van der Waals surface area contributed by atoms with Gasteiger partial charge in [0.25, 0.3) is 0 Å². The summed E-state index contributed by atoms with van der Waals surface area (Å²) in [6.07, 6.45) is 2.83. The van der Waals surface area contributed by atoms with Gasteiger partial charge in [-0.15, -0.1) is 0 Å². The third-order valence-corrected chi connectivity index (χ3v) is 3.51. The van der Waals surface area contributed by atoms with Crippen LogP contribution in [-0.2, 0) is 6.61 Å². The molecule has 0 spiro atoms. The lowest BCUT2D eigenvalue weighted by Crippen LogP contribution is -2.16. The first-order valence-corrected chi connectivity index (χ1v) is 7.84. The van der Waals surface area contributed by atoms with Crippen LogP contribution in [0.3, 0.4) is 0 Å². The van der Waals surface area contributed by atoms with E-state index in [0.717, 1.165) is 10.2 Å². The molecule has 0 aliphatic carbocycles. The zero-order valence-electron chi connectivity index (χ0n) is 12.4. The van der Waals surface area contributed by atoms with Crippen LogP contribution in [0, 0.1) is 0 Å². The largest absolute Gasteiger partial charge is 0.486 e. The fourth-order valence-electron chi connectivity index (χ4n) is 1.84. The topological polar surface area (TPSA) is 77.0 Å². The van der Waals surface area contributed by atoms with Crippen molar-refractivity contribution >= 4 is 28.1 Å². The average Bonchev–Trinajstić information content (AvgIpc) is 3.26. The fraction of sp³-hybridized carbons (Fsp3) is 0.0588. The molecule has 3 rings (SSSR count). The van der Waals surface area contributed by atoms with Gasteiger partial charge in [-0.25, -0.2) is 5.43 Å². The first kappa shape index (κ1) is 16.1. The number of carbonyl (C=O) groups excluding carboxylic acids is 1. The fourth-order valence-corrected chi connectivity index (χ4v) is 2.11. The molecule has 2 heterocycles. The van der Waals surface area contributed by atoms with Crippen molar-refractivity contribution < 1.29 is 18.4 Å². The predicted octanol–water partition coefficient (Wildman–Crippen LogP) is 3.98. The first-order valence-electron chi connectivity index (χ1n) is 7.05. The SMILES string of the molecule is O=C(N/N=C/c1ccc(COc2ccc(Br)cc2)o1)c1ccco1. The van der Waals surface area contributed by atoms with Gasteiger partial charge in [0.05, 0.1) is 12.5 Å². The number of hydrogen-bond donors (Lipinski definition) is 1. The normalized spacial score (nSPS) is 10.9. The van der Waals surface area contributed by atoms with Crippen molar-refractivity contribution in [1.29, 1.82) is 0 Å². The summed E-state index contributed by atoms with van der Waals surface area (Å²) in [4.78, 5) is 11.6. The number of ether oxygens (including phenoxy) is 1. The molecule has 24 heavy (non-hydrogen) atoms. The Labute approximate surface area is 146 Å². The minimum Gasteiger partial charge on any atom is -0.486 e. The number of nitrogens with one attached hydrogen (secondary N) is 1. The Hall–Kier alpha value is -2.80. The lowest BCUT2D eigenvalue weighted by molar-refractivity contribution is 0.0927. The van der Waals surface area contributed by atoms with Crippen molar-refractivity contribution in [2.24, 2.45) is 5.10 Å². The van der Waals surface area contributed by atoms with Gasteiger partial charge < -0.3 is 13.6 Å². The maximum atomic E-state index is 11.6. The molecule has 0 saturated heterocycles. The minimum absolute atomic E-state index is 0.190. The zero-order valence-corrected chi connectivity index (χ0v) is 14.0. The highest BCUT2D eigenvalue weighted by Gasteiger charge is 2.06. The van der Waals surface area contributed by atoms with Gasteiger partial charge in [0, 0.05) is 4.47 Å². The lowest BCUT2D eigenvalue weighted by atomic mass is 10.3. The van der Waals surface area contributed by atoms with Gasteiger partial charge in [-0.05, 0) is 48.5 Å². The molecule has 122 valence electrons. The van der Waals surface area contributed by atoms with E-state index in [2.05, 4.69) is 26.5 Å². The third-order valence-electron chi connectivity index (χ3n) is 2.98. The summed E-state index contributed by atoms with van der Waals surface area (Å²) in [5.41, 5.74) is 2.35. The number of hydrogen-bond acceptors (Lipinski definition) is 5. The van der Waals surface area contributed by atoms with Gasteiger partial charge >= 0.3 is 5.91 Å². The number of halogens is 1. The number of furan rings is 2. The van der Waals surface area contributed by atoms with Gasteiger partial charge in [0.2, 0.25) is 0 Å². The lowest BCUT2D eigenvalue weighted by Gasteiger charge is -2.03. The summed E-state index contributed by atoms with van der Waals surface area (Å²) >= 11 is 3.37. The van der Waals surface area contributed by atoms with Crippen LogP contribution in [0.25, 0.3) is 0 Å². The summed E-state index contributed by atoms with van der Waals surface area (Å²) < 4.78 is 17.1. The van der Waals surface area contributed by atoms with Crippen LogP contribution >= 0.6 is 15.9 Å². The standard InChI is InChI=1S/C17H13BrN2O4/c18-12-3-5-13(6-4-12)23-11-15-8-7-14(24-15)10-19-20-17(21)16-2-1-9-22-16/h1-10H,11H2,(H,20,21)/b19-10+. The molecule has 0 atom stereocenters. The van der Waals surface area contributed by atoms with Crippen molar-refractivity contribution in [2.75, 3.05) is 0 Å². The van der Waals surface area contributed by atoms with Crippen molar-refractivity contribution in [3.8, 4) is 5.75 Å². The maximum Gasteiger partial charge on any atom is 0.307 e. The number of nitrogens with zero attached hydrogens (tertiary/aromatic N) is 1. The monoisotopic (exact) mass is 388 g/mol. The second kappa shape index (κ2) is 7.65. The van der Waals surface area contributed by atoms with Gasteiger partial charge in [0.15, 0.2) is 5.76 Å². The molecule has 0 fully saturated rings. The average molecular weight is 389 g/mol. The van der Waals surface area contributed by atoms with E-state index in [0.29, 0.717) is 18.1 Å². The van der Waals surface area contributed by atoms with E-state index < -0.39 is 5.91 Å². The first-order chi connectivity index (χ1) is 11.7. The van der Waals surface area contributed by atoms with Gasteiger partial charge in [0.1, 0.15) is 23.9 Å². The molecule has 0 bridgehead atoms. The molecule has 0 radical (unpaired) electrons. The van der Waals surface area contributed by atoms with Gasteiger partial charge in [-0.1, -0.05) is 15.9 Å². The van der Waals surface area contributed by atoms with Crippen LogP contribution in [0.5, 0.6) is 5.75 Å². The molecule has 3 aromatic rings. The molecule has 0 aliphatic rings. The van der Waals surface area contributed by atoms with Crippen LogP contribution in [0.1, 0.15) is 22.1 Å². The minimum atomic E-state index is -0.429. The summed E-state index contributed by atoms with van der Waals surface area (Å²) in [5.74, 6) is 1.66.